The summed E-state index contributed by atoms with van der Waals surface area (Å²) >= 11 is 2.25. The van der Waals surface area contributed by atoms with E-state index in [1.54, 1.807) is 4.90 Å². The van der Waals surface area contributed by atoms with Crippen LogP contribution in [0.4, 0.5) is 17.1 Å². The standard InChI is InChI=1S/C19H20IN3O2/c1-13-8-9-14(11-15(13)20)22-18(24)12-21-16-5-2-3-6-17(16)23-10-4-7-19(23)25/h2-3,5-6,8-9,11,21H,4,7,10,12H2,1H3,(H,22,24). The van der Waals surface area contributed by atoms with Gasteiger partial charge in [-0.15, -0.1) is 0 Å². The molecule has 5 nitrogen and oxygen atoms in total. The molecule has 1 aliphatic rings. The number of carbonyl (C=O) groups excluding carboxylic acids is 2. The molecule has 0 saturated carbocycles. The molecule has 2 aromatic carbocycles. The van der Waals surface area contributed by atoms with Crippen molar-refractivity contribution < 1.29 is 9.59 Å². The summed E-state index contributed by atoms with van der Waals surface area (Å²) in [6, 6.07) is 13.4. The molecule has 25 heavy (non-hydrogen) atoms. The normalized spacial score (nSPS) is 13.8. The van der Waals surface area contributed by atoms with Crippen molar-refractivity contribution in [3.8, 4) is 0 Å². The van der Waals surface area contributed by atoms with Crippen molar-refractivity contribution in [1.82, 2.24) is 0 Å². The molecule has 2 aromatic rings. The summed E-state index contributed by atoms with van der Waals surface area (Å²) in [5, 5.41) is 6.04. The Morgan fingerprint density at radius 2 is 2.04 bits per heavy atom. The first kappa shape index (κ1) is 17.7. The van der Waals surface area contributed by atoms with Crippen molar-refractivity contribution in [3.63, 3.8) is 0 Å². The summed E-state index contributed by atoms with van der Waals surface area (Å²) in [7, 11) is 0. The zero-order valence-electron chi connectivity index (χ0n) is 14.0. The van der Waals surface area contributed by atoms with Gasteiger partial charge in [0.15, 0.2) is 0 Å². The van der Waals surface area contributed by atoms with Gasteiger partial charge < -0.3 is 15.5 Å². The van der Waals surface area contributed by atoms with E-state index in [1.165, 1.54) is 5.56 Å². The number of anilines is 3. The van der Waals surface area contributed by atoms with Crippen LogP contribution in [0.3, 0.4) is 0 Å². The molecule has 2 N–H and O–H groups in total. The second-order valence-electron chi connectivity index (χ2n) is 6.03. The van der Waals surface area contributed by atoms with E-state index in [-0.39, 0.29) is 18.4 Å². The highest BCUT2D eigenvalue weighted by Crippen LogP contribution is 2.29. The number of amides is 2. The van der Waals surface area contributed by atoms with Gasteiger partial charge in [0.25, 0.3) is 0 Å². The fraction of sp³-hybridized carbons (Fsp3) is 0.263. The summed E-state index contributed by atoms with van der Waals surface area (Å²) in [5.74, 6) is 0.00939. The average Bonchev–Trinajstić information content (AvgIpc) is 3.02. The van der Waals surface area contributed by atoms with E-state index in [4.69, 9.17) is 0 Å². The van der Waals surface area contributed by atoms with Crippen LogP contribution in [0.25, 0.3) is 0 Å². The molecule has 1 aliphatic heterocycles. The molecule has 0 radical (unpaired) electrons. The lowest BCUT2D eigenvalue weighted by molar-refractivity contribution is -0.117. The number of benzene rings is 2. The van der Waals surface area contributed by atoms with Crippen molar-refractivity contribution in [2.75, 3.05) is 28.6 Å². The SMILES string of the molecule is Cc1ccc(NC(=O)CNc2ccccc2N2CCCC2=O)cc1I. The van der Waals surface area contributed by atoms with Crippen molar-refractivity contribution in [2.45, 2.75) is 19.8 Å². The molecular weight excluding hydrogens is 429 g/mol. The highest BCUT2D eigenvalue weighted by atomic mass is 127. The third kappa shape index (κ3) is 4.31. The van der Waals surface area contributed by atoms with Gasteiger partial charge in [-0.1, -0.05) is 18.2 Å². The minimum Gasteiger partial charge on any atom is -0.374 e. The number of halogens is 1. The molecule has 0 aliphatic carbocycles. The van der Waals surface area contributed by atoms with Gasteiger partial charge in [0, 0.05) is 22.2 Å². The zero-order chi connectivity index (χ0) is 17.8. The predicted molar refractivity (Wildman–Crippen MR) is 109 cm³/mol. The molecule has 130 valence electrons. The molecule has 0 spiro atoms. The Labute approximate surface area is 160 Å². The number of nitrogens with one attached hydrogen (secondary N) is 2. The third-order valence-corrected chi connectivity index (χ3v) is 5.33. The Morgan fingerprint density at radius 1 is 1.24 bits per heavy atom. The number of nitrogens with zero attached hydrogens (tertiary/aromatic N) is 1. The molecule has 2 amide bonds. The molecule has 1 saturated heterocycles. The molecule has 6 heteroatoms. The van der Waals surface area contributed by atoms with E-state index in [1.807, 2.05) is 49.4 Å². The van der Waals surface area contributed by atoms with Gasteiger partial charge in [-0.05, 0) is 65.8 Å². The maximum atomic E-state index is 12.2. The molecule has 1 fully saturated rings. The van der Waals surface area contributed by atoms with Crippen LogP contribution in [-0.4, -0.2) is 24.9 Å². The molecule has 0 unspecified atom stereocenters. The van der Waals surface area contributed by atoms with Gasteiger partial charge in [0.2, 0.25) is 11.8 Å². The first-order valence-electron chi connectivity index (χ1n) is 8.24. The number of carbonyl (C=O) groups is 2. The summed E-state index contributed by atoms with van der Waals surface area (Å²) in [4.78, 5) is 26.0. The Bertz CT molecular complexity index is 807. The molecule has 3 rings (SSSR count). The summed E-state index contributed by atoms with van der Waals surface area (Å²) < 4.78 is 1.11. The fourth-order valence-electron chi connectivity index (χ4n) is 2.81. The van der Waals surface area contributed by atoms with Gasteiger partial charge in [-0.3, -0.25) is 9.59 Å². The van der Waals surface area contributed by atoms with Crippen LogP contribution in [0.5, 0.6) is 0 Å². The van der Waals surface area contributed by atoms with Gasteiger partial charge in [-0.2, -0.15) is 0 Å². The predicted octanol–water partition coefficient (Wildman–Crippen LogP) is 3.78. The number of hydrogen-bond donors (Lipinski definition) is 2. The largest absolute Gasteiger partial charge is 0.374 e. The lowest BCUT2D eigenvalue weighted by Crippen LogP contribution is -2.26. The summed E-state index contributed by atoms with van der Waals surface area (Å²) in [6.45, 7) is 2.90. The van der Waals surface area contributed by atoms with Gasteiger partial charge in [-0.25, -0.2) is 0 Å². The van der Waals surface area contributed by atoms with Crippen molar-refractivity contribution in [1.29, 1.82) is 0 Å². The minimum absolute atomic E-state index is 0.123. The summed E-state index contributed by atoms with van der Waals surface area (Å²) in [5.41, 5.74) is 3.60. The number of hydrogen-bond acceptors (Lipinski definition) is 3. The lowest BCUT2D eigenvalue weighted by Gasteiger charge is -2.20. The van der Waals surface area contributed by atoms with Crippen LogP contribution in [0.1, 0.15) is 18.4 Å². The van der Waals surface area contributed by atoms with Crippen molar-refractivity contribution >= 4 is 51.5 Å². The molecule has 0 atom stereocenters. The molecular formula is C19H20IN3O2. The lowest BCUT2D eigenvalue weighted by atomic mass is 10.2. The monoisotopic (exact) mass is 449 g/mol. The Balaban J connectivity index is 1.64. The third-order valence-electron chi connectivity index (χ3n) is 4.16. The number of rotatable bonds is 5. The molecule has 0 aromatic heterocycles. The minimum atomic E-state index is -0.123. The highest BCUT2D eigenvalue weighted by Gasteiger charge is 2.23. The van der Waals surface area contributed by atoms with Gasteiger partial charge in [0.1, 0.15) is 0 Å². The van der Waals surface area contributed by atoms with Crippen LogP contribution < -0.4 is 15.5 Å². The molecule has 0 bridgehead atoms. The van der Waals surface area contributed by atoms with E-state index in [2.05, 4.69) is 33.2 Å². The van der Waals surface area contributed by atoms with Gasteiger partial charge >= 0.3 is 0 Å². The van der Waals surface area contributed by atoms with Crippen LogP contribution in [0.15, 0.2) is 42.5 Å². The highest BCUT2D eigenvalue weighted by molar-refractivity contribution is 14.1. The maximum Gasteiger partial charge on any atom is 0.243 e. The Kier molecular flexibility index (Phi) is 5.57. The quantitative estimate of drug-likeness (QED) is 0.684. The second kappa shape index (κ2) is 7.86. The van der Waals surface area contributed by atoms with Crippen molar-refractivity contribution in [2.24, 2.45) is 0 Å². The topological polar surface area (TPSA) is 61.4 Å². The van der Waals surface area contributed by atoms with Crippen LogP contribution in [-0.2, 0) is 9.59 Å². The van der Waals surface area contributed by atoms with Crippen LogP contribution in [0.2, 0.25) is 0 Å². The Hall–Kier alpha value is -2.09. The summed E-state index contributed by atoms with van der Waals surface area (Å²) in [6.07, 6.45) is 1.46. The molecule has 1 heterocycles. The van der Waals surface area contributed by atoms with Gasteiger partial charge in [0.05, 0.1) is 17.9 Å². The fourth-order valence-corrected chi connectivity index (χ4v) is 3.33. The first-order chi connectivity index (χ1) is 12.0. The van der Waals surface area contributed by atoms with E-state index < -0.39 is 0 Å². The van der Waals surface area contributed by atoms with E-state index >= 15 is 0 Å². The van der Waals surface area contributed by atoms with Crippen molar-refractivity contribution in [3.05, 3.63) is 51.6 Å². The first-order valence-corrected chi connectivity index (χ1v) is 9.32. The van der Waals surface area contributed by atoms with E-state index in [0.29, 0.717) is 6.42 Å². The number of aryl methyl sites for hydroxylation is 1. The van der Waals surface area contributed by atoms with E-state index in [0.717, 1.165) is 33.6 Å². The van der Waals surface area contributed by atoms with Crippen LogP contribution in [0, 0.1) is 10.5 Å². The smallest absolute Gasteiger partial charge is 0.243 e. The van der Waals surface area contributed by atoms with Crippen LogP contribution >= 0.6 is 22.6 Å². The second-order valence-corrected chi connectivity index (χ2v) is 7.19. The Morgan fingerprint density at radius 3 is 2.76 bits per heavy atom. The maximum absolute atomic E-state index is 12.2. The van der Waals surface area contributed by atoms with E-state index in [9.17, 15) is 9.59 Å². The average molecular weight is 449 g/mol. The zero-order valence-corrected chi connectivity index (χ0v) is 16.2. The number of para-hydroxylation sites is 2.